The molecule has 0 aliphatic rings. The van der Waals surface area contributed by atoms with Gasteiger partial charge in [0.15, 0.2) is 0 Å². The molecule has 0 aliphatic carbocycles. The van der Waals surface area contributed by atoms with Gasteiger partial charge in [0.1, 0.15) is 0 Å². The van der Waals surface area contributed by atoms with Gasteiger partial charge in [-0.05, 0) is 19.3 Å². The first kappa shape index (κ1) is 30.9. The standard InChI is InChI=1S/C29H60O2/c1-3-5-7-8-9-10-11-12-13-14-15-16-17-18-19-20-21-22-24-26-29(31)27-28(30)25-23-6-4-2/h28-31H,3-27H2,1-2H3/t28-,29+/m0/s1. The van der Waals surface area contributed by atoms with Gasteiger partial charge in [0.25, 0.3) is 0 Å². The van der Waals surface area contributed by atoms with Crippen LogP contribution in [0.1, 0.15) is 174 Å². The van der Waals surface area contributed by atoms with Gasteiger partial charge in [-0.1, -0.05) is 155 Å². The third-order valence-electron chi connectivity index (χ3n) is 6.83. The minimum atomic E-state index is -0.304. The van der Waals surface area contributed by atoms with Crippen LogP contribution < -0.4 is 0 Å². The molecule has 0 heterocycles. The minimum Gasteiger partial charge on any atom is -0.393 e. The summed E-state index contributed by atoms with van der Waals surface area (Å²) in [6.07, 6.45) is 31.7. The zero-order valence-corrected chi connectivity index (χ0v) is 21.7. The fourth-order valence-corrected chi connectivity index (χ4v) is 4.64. The fourth-order valence-electron chi connectivity index (χ4n) is 4.64. The Morgan fingerprint density at radius 1 is 0.355 bits per heavy atom. The van der Waals surface area contributed by atoms with Gasteiger partial charge in [-0.2, -0.15) is 0 Å². The molecule has 31 heavy (non-hydrogen) atoms. The normalized spacial score (nSPS) is 13.5. The molecule has 0 bridgehead atoms. The first-order chi connectivity index (χ1) is 15.2. The van der Waals surface area contributed by atoms with E-state index in [0.29, 0.717) is 6.42 Å². The van der Waals surface area contributed by atoms with Gasteiger partial charge in [0, 0.05) is 0 Å². The Balaban J connectivity index is 3.16. The number of rotatable bonds is 26. The van der Waals surface area contributed by atoms with Gasteiger partial charge in [-0.15, -0.1) is 0 Å². The summed E-state index contributed by atoms with van der Waals surface area (Å²) in [7, 11) is 0. The zero-order chi connectivity index (χ0) is 22.8. The summed E-state index contributed by atoms with van der Waals surface area (Å²) in [5, 5.41) is 20.0. The van der Waals surface area contributed by atoms with Crippen molar-refractivity contribution in [2.45, 2.75) is 187 Å². The lowest BCUT2D eigenvalue weighted by Gasteiger charge is -2.15. The molecule has 0 radical (unpaired) electrons. The summed E-state index contributed by atoms with van der Waals surface area (Å²) in [4.78, 5) is 0. The van der Waals surface area contributed by atoms with Crippen LogP contribution in [0, 0.1) is 0 Å². The van der Waals surface area contributed by atoms with Gasteiger partial charge in [-0.3, -0.25) is 0 Å². The average molecular weight is 441 g/mol. The Labute approximate surface area is 197 Å². The number of aliphatic hydroxyl groups is 2. The Hall–Kier alpha value is -0.0800. The molecule has 0 saturated carbocycles. The van der Waals surface area contributed by atoms with Crippen molar-refractivity contribution in [1.82, 2.24) is 0 Å². The molecule has 188 valence electrons. The highest BCUT2D eigenvalue weighted by molar-refractivity contribution is 4.64. The Kier molecular flexibility index (Phi) is 26.1. The molecule has 0 aromatic carbocycles. The third kappa shape index (κ3) is 26.1. The molecule has 2 nitrogen and oxygen atoms in total. The quantitative estimate of drug-likeness (QED) is 0.131. The first-order valence-corrected chi connectivity index (χ1v) is 14.6. The van der Waals surface area contributed by atoms with E-state index in [1.807, 2.05) is 0 Å². The third-order valence-corrected chi connectivity index (χ3v) is 6.83. The van der Waals surface area contributed by atoms with Crippen LogP contribution in [0.2, 0.25) is 0 Å². The van der Waals surface area contributed by atoms with Crippen LogP contribution in [0.25, 0.3) is 0 Å². The molecule has 0 spiro atoms. The zero-order valence-electron chi connectivity index (χ0n) is 21.7. The molecule has 2 N–H and O–H groups in total. The SMILES string of the molecule is CCCCCCCCCCCCCCCCCCCCC[C@@H](O)C[C@@H](O)CCCCC. The molecule has 2 heteroatoms. The van der Waals surface area contributed by atoms with Gasteiger partial charge >= 0.3 is 0 Å². The number of hydrogen-bond donors (Lipinski definition) is 2. The highest BCUT2D eigenvalue weighted by Crippen LogP contribution is 2.16. The van der Waals surface area contributed by atoms with E-state index in [1.165, 1.54) is 128 Å². The van der Waals surface area contributed by atoms with Crippen LogP contribution in [0.3, 0.4) is 0 Å². The fraction of sp³-hybridized carbons (Fsp3) is 1.00. The lowest BCUT2D eigenvalue weighted by Crippen LogP contribution is -2.17. The summed E-state index contributed by atoms with van der Waals surface area (Å²) < 4.78 is 0. The summed E-state index contributed by atoms with van der Waals surface area (Å²) >= 11 is 0. The second kappa shape index (κ2) is 26.2. The lowest BCUT2D eigenvalue weighted by molar-refractivity contribution is 0.0681. The van der Waals surface area contributed by atoms with Crippen molar-refractivity contribution in [1.29, 1.82) is 0 Å². The van der Waals surface area contributed by atoms with Gasteiger partial charge in [0.05, 0.1) is 12.2 Å². The summed E-state index contributed by atoms with van der Waals surface area (Å²) in [5.74, 6) is 0. The topological polar surface area (TPSA) is 40.5 Å². The first-order valence-electron chi connectivity index (χ1n) is 14.6. The summed E-state index contributed by atoms with van der Waals surface area (Å²) in [6, 6.07) is 0. The van der Waals surface area contributed by atoms with Crippen LogP contribution in [0.4, 0.5) is 0 Å². The second-order valence-electron chi connectivity index (χ2n) is 10.2. The Morgan fingerprint density at radius 3 is 0.903 bits per heavy atom. The minimum absolute atomic E-state index is 0.303. The van der Waals surface area contributed by atoms with Crippen molar-refractivity contribution in [2.24, 2.45) is 0 Å². The van der Waals surface area contributed by atoms with Gasteiger partial charge < -0.3 is 10.2 Å². The molecule has 0 amide bonds. The molecular weight excluding hydrogens is 380 g/mol. The van der Waals surface area contributed by atoms with E-state index in [2.05, 4.69) is 13.8 Å². The highest BCUT2D eigenvalue weighted by Gasteiger charge is 2.11. The molecule has 0 aromatic rings. The lowest BCUT2D eigenvalue weighted by atomic mass is 10.00. The van der Waals surface area contributed by atoms with E-state index >= 15 is 0 Å². The predicted molar refractivity (Wildman–Crippen MR) is 139 cm³/mol. The molecule has 0 aromatic heterocycles. The largest absolute Gasteiger partial charge is 0.393 e. The van der Waals surface area contributed by atoms with Crippen molar-refractivity contribution in [2.75, 3.05) is 0 Å². The van der Waals surface area contributed by atoms with Gasteiger partial charge in [-0.25, -0.2) is 0 Å². The molecule has 0 rings (SSSR count). The van der Waals surface area contributed by atoms with Crippen LogP contribution in [0.5, 0.6) is 0 Å². The number of aliphatic hydroxyl groups excluding tert-OH is 2. The summed E-state index contributed by atoms with van der Waals surface area (Å²) in [5.41, 5.74) is 0. The molecule has 0 fully saturated rings. The van der Waals surface area contributed by atoms with E-state index < -0.39 is 0 Å². The van der Waals surface area contributed by atoms with E-state index in [4.69, 9.17) is 0 Å². The van der Waals surface area contributed by atoms with Crippen molar-refractivity contribution in [3.63, 3.8) is 0 Å². The second-order valence-corrected chi connectivity index (χ2v) is 10.2. The van der Waals surface area contributed by atoms with Crippen molar-refractivity contribution in [3.05, 3.63) is 0 Å². The average Bonchev–Trinajstić information content (AvgIpc) is 2.75. The predicted octanol–water partition coefficient (Wildman–Crippen LogP) is 9.50. The molecule has 0 saturated heterocycles. The van der Waals surface area contributed by atoms with E-state index in [1.54, 1.807) is 0 Å². The maximum atomic E-state index is 10.1. The molecule has 2 atom stereocenters. The van der Waals surface area contributed by atoms with Crippen LogP contribution in [0.15, 0.2) is 0 Å². The molecule has 0 aliphatic heterocycles. The maximum absolute atomic E-state index is 10.1. The molecule has 0 unspecified atom stereocenters. The maximum Gasteiger partial charge on any atom is 0.0564 e. The molecular formula is C29H60O2. The monoisotopic (exact) mass is 440 g/mol. The Morgan fingerprint density at radius 2 is 0.581 bits per heavy atom. The van der Waals surface area contributed by atoms with Crippen LogP contribution in [-0.2, 0) is 0 Å². The highest BCUT2D eigenvalue weighted by atomic mass is 16.3. The van der Waals surface area contributed by atoms with E-state index in [0.717, 1.165) is 25.7 Å². The number of unbranched alkanes of at least 4 members (excludes halogenated alkanes) is 20. The van der Waals surface area contributed by atoms with Crippen molar-refractivity contribution in [3.8, 4) is 0 Å². The van der Waals surface area contributed by atoms with Gasteiger partial charge in [0.2, 0.25) is 0 Å². The number of hydrogen-bond acceptors (Lipinski definition) is 2. The summed E-state index contributed by atoms with van der Waals surface area (Å²) in [6.45, 7) is 4.47. The van der Waals surface area contributed by atoms with Crippen molar-refractivity contribution >= 4 is 0 Å². The smallest absolute Gasteiger partial charge is 0.0564 e. The van der Waals surface area contributed by atoms with E-state index in [-0.39, 0.29) is 12.2 Å². The van der Waals surface area contributed by atoms with Crippen molar-refractivity contribution < 1.29 is 10.2 Å². The Bertz CT molecular complexity index is 318. The van der Waals surface area contributed by atoms with Crippen LogP contribution >= 0.6 is 0 Å². The van der Waals surface area contributed by atoms with Crippen LogP contribution in [-0.4, -0.2) is 22.4 Å². The van der Waals surface area contributed by atoms with E-state index in [9.17, 15) is 10.2 Å².